The molecule has 0 aliphatic carbocycles. The number of fused-ring (bicyclic) bond motifs is 6. The highest BCUT2D eigenvalue weighted by Gasteiger charge is 2.21. The van der Waals surface area contributed by atoms with E-state index in [0.29, 0.717) is 0 Å². The van der Waals surface area contributed by atoms with Gasteiger partial charge in [-0.2, -0.15) is 0 Å². The Morgan fingerprint density at radius 3 is 1.47 bits per heavy atom. The van der Waals surface area contributed by atoms with E-state index in [9.17, 15) is 0 Å². The molecule has 0 bridgehead atoms. The van der Waals surface area contributed by atoms with Gasteiger partial charge in [0, 0.05) is 22.4 Å². The van der Waals surface area contributed by atoms with Crippen molar-refractivity contribution in [1.82, 2.24) is 4.98 Å². The van der Waals surface area contributed by atoms with Gasteiger partial charge in [0.25, 0.3) is 0 Å². The van der Waals surface area contributed by atoms with Gasteiger partial charge in [0.15, 0.2) is 0 Å². The van der Waals surface area contributed by atoms with E-state index in [1.807, 2.05) is 0 Å². The topological polar surface area (TPSA) is 12.9 Å². The van der Waals surface area contributed by atoms with Crippen molar-refractivity contribution >= 4 is 54.0 Å². The summed E-state index contributed by atoms with van der Waals surface area (Å²) in [5, 5.41) is 11.1. The van der Waals surface area contributed by atoms with Crippen molar-refractivity contribution in [1.29, 1.82) is 0 Å². The number of rotatable bonds is 2. The highest BCUT2D eigenvalue weighted by Crippen LogP contribution is 2.48. The van der Waals surface area contributed by atoms with E-state index in [0.717, 1.165) is 5.52 Å². The fourth-order valence-electron chi connectivity index (χ4n) is 6.26. The molecule has 0 amide bonds. The molecule has 0 aliphatic rings. The van der Waals surface area contributed by atoms with Crippen LogP contribution in [0.3, 0.4) is 0 Å². The predicted molar refractivity (Wildman–Crippen MR) is 163 cm³/mol. The van der Waals surface area contributed by atoms with Crippen LogP contribution in [0.15, 0.2) is 140 Å². The molecule has 7 aromatic carbocycles. The van der Waals surface area contributed by atoms with Crippen LogP contribution in [-0.4, -0.2) is 4.98 Å². The van der Waals surface area contributed by atoms with Crippen molar-refractivity contribution in [3.05, 3.63) is 140 Å². The first kappa shape index (κ1) is 21.1. The van der Waals surface area contributed by atoms with Crippen LogP contribution < -0.4 is 0 Å². The van der Waals surface area contributed by atoms with E-state index in [2.05, 4.69) is 140 Å². The molecule has 0 spiro atoms. The maximum atomic E-state index is 4.98. The van der Waals surface area contributed by atoms with Gasteiger partial charge in [-0.15, -0.1) is 0 Å². The lowest BCUT2D eigenvalue weighted by molar-refractivity contribution is 1.45. The molecule has 0 atom stereocenters. The summed E-state index contributed by atoms with van der Waals surface area (Å²) in [6.45, 7) is 0. The smallest absolute Gasteiger partial charge is 0.0708 e. The van der Waals surface area contributed by atoms with E-state index in [-0.39, 0.29) is 0 Å². The predicted octanol–water partition coefficient (Wildman–Crippen LogP) is 10.2. The van der Waals surface area contributed by atoms with Gasteiger partial charge in [0.05, 0.1) is 5.52 Å². The monoisotopic (exact) mass is 481 g/mol. The summed E-state index contributed by atoms with van der Waals surface area (Å²) in [5.41, 5.74) is 6.03. The Morgan fingerprint density at radius 2 is 0.816 bits per heavy atom. The molecule has 0 N–H and O–H groups in total. The lowest BCUT2D eigenvalue weighted by Gasteiger charge is -2.20. The lowest BCUT2D eigenvalue weighted by atomic mass is 9.83. The largest absolute Gasteiger partial charge is 0.256 e. The number of aromatic nitrogens is 1. The Bertz CT molecular complexity index is 2180. The summed E-state index contributed by atoms with van der Waals surface area (Å²) in [6, 6.07) is 48.1. The van der Waals surface area contributed by atoms with Crippen molar-refractivity contribution in [2.24, 2.45) is 0 Å². The number of hydrogen-bond donors (Lipinski definition) is 0. The molecule has 1 nitrogen and oxygen atoms in total. The van der Waals surface area contributed by atoms with E-state index < -0.39 is 0 Å². The molecule has 38 heavy (non-hydrogen) atoms. The second kappa shape index (κ2) is 8.26. The average molecular weight is 482 g/mol. The molecule has 176 valence electrons. The number of pyridine rings is 1. The maximum absolute atomic E-state index is 4.98. The lowest BCUT2D eigenvalue weighted by Crippen LogP contribution is -1.94. The van der Waals surface area contributed by atoms with E-state index >= 15 is 0 Å². The zero-order chi connectivity index (χ0) is 25.1. The fraction of sp³-hybridized carbons (Fsp3) is 0. The van der Waals surface area contributed by atoms with Crippen LogP contribution in [-0.2, 0) is 0 Å². The SMILES string of the molecule is c1ccc2c(-c3c4ccccc4c(-c4cccc5ccccc45)c4c3cnc3ccccc34)cccc2c1. The Kier molecular flexibility index (Phi) is 4.59. The molecular weight excluding hydrogens is 458 g/mol. The number of benzene rings is 7. The number of hydrogen-bond acceptors (Lipinski definition) is 1. The first-order chi connectivity index (χ1) is 18.9. The molecule has 0 saturated carbocycles. The van der Waals surface area contributed by atoms with Crippen LogP contribution in [0.5, 0.6) is 0 Å². The Labute approximate surface area is 220 Å². The molecule has 1 aromatic heterocycles. The normalized spacial score (nSPS) is 11.7. The summed E-state index contributed by atoms with van der Waals surface area (Å²) in [7, 11) is 0. The van der Waals surface area contributed by atoms with Crippen molar-refractivity contribution in [2.45, 2.75) is 0 Å². The number of para-hydroxylation sites is 1. The van der Waals surface area contributed by atoms with Gasteiger partial charge in [-0.3, -0.25) is 4.98 Å². The maximum Gasteiger partial charge on any atom is 0.0708 e. The van der Waals surface area contributed by atoms with Gasteiger partial charge >= 0.3 is 0 Å². The van der Waals surface area contributed by atoms with Gasteiger partial charge in [-0.25, -0.2) is 0 Å². The highest BCUT2D eigenvalue weighted by molar-refractivity contribution is 6.29. The summed E-state index contributed by atoms with van der Waals surface area (Å²) >= 11 is 0. The first-order valence-electron chi connectivity index (χ1n) is 13.1. The summed E-state index contributed by atoms with van der Waals surface area (Å²) in [5.74, 6) is 0. The third-order valence-electron chi connectivity index (χ3n) is 7.88. The summed E-state index contributed by atoms with van der Waals surface area (Å²) < 4.78 is 0. The third kappa shape index (κ3) is 3.02. The second-order valence-electron chi connectivity index (χ2n) is 9.91. The molecule has 8 rings (SSSR count). The van der Waals surface area contributed by atoms with Crippen LogP contribution in [0.25, 0.3) is 76.2 Å². The molecule has 0 radical (unpaired) electrons. The van der Waals surface area contributed by atoms with Gasteiger partial charge < -0.3 is 0 Å². The Morgan fingerprint density at radius 1 is 0.342 bits per heavy atom. The minimum Gasteiger partial charge on any atom is -0.256 e. The highest BCUT2D eigenvalue weighted by atomic mass is 14.7. The number of nitrogens with zero attached hydrogens (tertiary/aromatic N) is 1. The zero-order valence-corrected chi connectivity index (χ0v) is 20.7. The van der Waals surface area contributed by atoms with E-state index in [1.54, 1.807) is 0 Å². The molecule has 0 fully saturated rings. The zero-order valence-electron chi connectivity index (χ0n) is 20.7. The second-order valence-corrected chi connectivity index (χ2v) is 9.91. The molecule has 0 aliphatic heterocycles. The van der Waals surface area contributed by atoms with Gasteiger partial charge in [-0.1, -0.05) is 127 Å². The summed E-state index contributed by atoms with van der Waals surface area (Å²) in [4.78, 5) is 4.98. The van der Waals surface area contributed by atoms with Crippen LogP contribution in [0, 0.1) is 0 Å². The van der Waals surface area contributed by atoms with Crippen LogP contribution in [0.4, 0.5) is 0 Å². The molecule has 8 aromatic rings. The fourth-order valence-corrected chi connectivity index (χ4v) is 6.26. The Balaban J connectivity index is 1.67. The summed E-state index contributed by atoms with van der Waals surface area (Å²) in [6.07, 6.45) is 2.09. The van der Waals surface area contributed by atoms with Crippen molar-refractivity contribution in [2.75, 3.05) is 0 Å². The minimum absolute atomic E-state index is 1.01. The van der Waals surface area contributed by atoms with E-state index in [4.69, 9.17) is 4.98 Å². The van der Waals surface area contributed by atoms with Gasteiger partial charge in [0.1, 0.15) is 0 Å². The molecule has 0 saturated heterocycles. The first-order valence-corrected chi connectivity index (χ1v) is 13.1. The molecule has 1 heterocycles. The average Bonchev–Trinajstić information content (AvgIpc) is 2.99. The van der Waals surface area contributed by atoms with Crippen LogP contribution in [0.1, 0.15) is 0 Å². The third-order valence-corrected chi connectivity index (χ3v) is 7.88. The molecule has 0 unspecified atom stereocenters. The Hall–Kier alpha value is -5.01. The van der Waals surface area contributed by atoms with Crippen molar-refractivity contribution < 1.29 is 0 Å². The molecule has 1 heteroatoms. The standard InChI is InChI=1S/C37H23N/c1-3-15-26-24(11-1)13-9-20-28(26)35-30-17-5-6-18-31(30)36(29-21-10-14-25-12-2-4-16-27(25)29)37-32-19-7-8-22-34(32)38-23-33(35)37/h1-23H. The minimum atomic E-state index is 1.01. The van der Waals surface area contributed by atoms with E-state index in [1.165, 1.54) is 70.7 Å². The van der Waals surface area contributed by atoms with Gasteiger partial charge in [-0.05, 0) is 60.6 Å². The quantitative estimate of drug-likeness (QED) is 0.177. The molecular formula is C37H23N. The van der Waals surface area contributed by atoms with Crippen molar-refractivity contribution in [3.8, 4) is 22.3 Å². The van der Waals surface area contributed by atoms with Crippen LogP contribution >= 0.6 is 0 Å². The van der Waals surface area contributed by atoms with Crippen molar-refractivity contribution in [3.63, 3.8) is 0 Å². The van der Waals surface area contributed by atoms with Gasteiger partial charge in [0.2, 0.25) is 0 Å². The van der Waals surface area contributed by atoms with Crippen LogP contribution in [0.2, 0.25) is 0 Å².